The normalized spacial score (nSPS) is 12.7. The Hall–Kier alpha value is -3.08. The number of allylic oxidation sites excluding steroid dienone is 4. The van der Waals surface area contributed by atoms with Crippen LogP contribution in [0.25, 0.3) is 11.6 Å². The summed E-state index contributed by atoms with van der Waals surface area (Å²) in [5.74, 6) is -0.488. The first-order valence-electron chi connectivity index (χ1n) is 8.18. The molecule has 0 aliphatic rings. The average molecular weight is 372 g/mol. The molecule has 27 heavy (non-hydrogen) atoms. The quantitative estimate of drug-likeness (QED) is 0.285. The van der Waals surface area contributed by atoms with Crippen LogP contribution < -0.4 is 0 Å². The van der Waals surface area contributed by atoms with Gasteiger partial charge in [0.2, 0.25) is 0 Å². The van der Waals surface area contributed by atoms with Crippen molar-refractivity contribution in [2.45, 2.75) is 13.1 Å². The van der Waals surface area contributed by atoms with Gasteiger partial charge in [0.25, 0.3) is 0 Å². The zero-order valence-corrected chi connectivity index (χ0v) is 15.0. The van der Waals surface area contributed by atoms with Crippen molar-refractivity contribution in [1.29, 1.82) is 0 Å². The van der Waals surface area contributed by atoms with Crippen LogP contribution in [0.4, 0.5) is 13.2 Å². The number of aryl methyl sites for hydroxylation is 1. The minimum absolute atomic E-state index is 0.488. The van der Waals surface area contributed by atoms with E-state index >= 15 is 0 Å². The van der Waals surface area contributed by atoms with Crippen LogP contribution in [0.15, 0.2) is 72.8 Å². The summed E-state index contributed by atoms with van der Waals surface area (Å²) < 4.78 is 42.9. The predicted octanol–water partition coefficient (Wildman–Crippen LogP) is 5.84. The van der Waals surface area contributed by atoms with Crippen molar-refractivity contribution >= 4 is 17.6 Å². The fourth-order valence-corrected chi connectivity index (χ4v) is 2.28. The molecule has 0 heterocycles. The number of methoxy groups -OCH3 is 1. The Bertz CT molecular complexity index is 856. The molecule has 140 valence electrons. The van der Waals surface area contributed by atoms with E-state index in [1.165, 1.54) is 31.4 Å². The molecular formula is C22H19F3O2. The fourth-order valence-electron chi connectivity index (χ4n) is 2.28. The van der Waals surface area contributed by atoms with Crippen molar-refractivity contribution in [1.82, 2.24) is 0 Å². The lowest BCUT2D eigenvalue weighted by atomic mass is 10.00. The van der Waals surface area contributed by atoms with Gasteiger partial charge in [0.1, 0.15) is 0 Å². The molecule has 0 aromatic heterocycles. The molecule has 0 unspecified atom stereocenters. The average Bonchev–Trinajstić information content (AvgIpc) is 2.65. The number of halogens is 3. The Morgan fingerprint density at radius 2 is 1.52 bits per heavy atom. The molecule has 2 aromatic carbocycles. The highest BCUT2D eigenvalue weighted by atomic mass is 19.4. The lowest BCUT2D eigenvalue weighted by molar-refractivity contribution is -0.137. The van der Waals surface area contributed by atoms with Crippen molar-refractivity contribution < 1.29 is 22.7 Å². The highest BCUT2D eigenvalue weighted by molar-refractivity contribution is 5.88. The molecule has 0 N–H and O–H groups in total. The van der Waals surface area contributed by atoms with Crippen molar-refractivity contribution in [3.63, 3.8) is 0 Å². The number of rotatable bonds is 5. The molecule has 0 spiro atoms. The van der Waals surface area contributed by atoms with E-state index in [2.05, 4.69) is 4.74 Å². The number of ether oxygens (including phenoxy) is 1. The number of hydrogen-bond acceptors (Lipinski definition) is 2. The summed E-state index contributed by atoms with van der Waals surface area (Å²) in [6.07, 6.45) is 3.62. The molecule has 0 aliphatic carbocycles. The second kappa shape index (κ2) is 9.03. The largest absolute Gasteiger partial charge is 0.466 e. The van der Waals surface area contributed by atoms with E-state index in [4.69, 9.17) is 0 Å². The standard InChI is InChI=1S/C22H19F3O2/c1-16-7-9-17(10-8-16)15-19(5-3-4-6-21(26)27-2)18-11-13-20(14-12-18)22(23,24)25/h3-15H,1-2H3/b5-3+,6-4+,19-15-. The zero-order valence-electron chi connectivity index (χ0n) is 15.0. The third kappa shape index (κ3) is 6.29. The van der Waals surface area contributed by atoms with Crippen LogP contribution in [0.3, 0.4) is 0 Å². The number of benzene rings is 2. The lowest BCUT2D eigenvalue weighted by Crippen LogP contribution is -2.04. The summed E-state index contributed by atoms with van der Waals surface area (Å²) in [7, 11) is 1.28. The van der Waals surface area contributed by atoms with E-state index in [-0.39, 0.29) is 0 Å². The van der Waals surface area contributed by atoms with Gasteiger partial charge in [-0.15, -0.1) is 0 Å². The van der Waals surface area contributed by atoms with E-state index in [9.17, 15) is 18.0 Å². The molecule has 0 bridgehead atoms. The Morgan fingerprint density at radius 3 is 2.07 bits per heavy atom. The van der Waals surface area contributed by atoms with E-state index in [1.807, 2.05) is 37.3 Å². The van der Waals surface area contributed by atoms with Crippen LogP contribution in [-0.2, 0) is 15.7 Å². The van der Waals surface area contributed by atoms with Crippen LogP contribution in [-0.4, -0.2) is 13.1 Å². The van der Waals surface area contributed by atoms with Gasteiger partial charge >= 0.3 is 12.1 Å². The molecule has 0 fully saturated rings. The highest BCUT2D eigenvalue weighted by Gasteiger charge is 2.29. The number of alkyl halides is 3. The second-order valence-electron chi connectivity index (χ2n) is 5.83. The lowest BCUT2D eigenvalue weighted by Gasteiger charge is -2.08. The van der Waals surface area contributed by atoms with Gasteiger partial charge in [-0.1, -0.05) is 60.2 Å². The Kier molecular flexibility index (Phi) is 6.77. The van der Waals surface area contributed by atoms with Crippen LogP contribution in [0.1, 0.15) is 22.3 Å². The summed E-state index contributed by atoms with van der Waals surface area (Å²) in [6.45, 7) is 1.97. The van der Waals surface area contributed by atoms with Gasteiger partial charge in [-0.3, -0.25) is 0 Å². The van der Waals surface area contributed by atoms with Gasteiger partial charge in [-0.05, 0) is 41.8 Å². The van der Waals surface area contributed by atoms with Gasteiger partial charge in [0.05, 0.1) is 12.7 Å². The van der Waals surface area contributed by atoms with Crippen molar-refractivity contribution in [3.8, 4) is 0 Å². The summed E-state index contributed by atoms with van der Waals surface area (Å²) in [5, 5.41) is 0. The molecule has 2 nitrogen and oxygen atoms in total. The maximum atomic E-state index is 12.8. The van der Waals surface area contributed by atoms with Gasteiger partial charge in [-0.2, -0.15) is 13.2 Å². The first kappa shape index (κ1) is 20.2. The van der Waals surface area contributed by atoms with Crippen molar-refractivity contribution in [3.05, 3.63) is 95.1 Å². The van der Waals surface area contributed by atoms with E-state index in [0.717, 1.165) is 23.3 Å². The second-order valence-corrected chi connectivity index (χ2v) is 5.83. The first-order chi connectivity index (χ1) is 12.8. The topological polar surface area (TPSA) is 26.3 Å². The molecule has 0 saturated carbocycles. The Balaban J connectivity index is 2.37. The van der Waals surface area contributed by atoms with Crippen LogP contribution >= 0.6 is 0 Å². The smallest absolute Gasteiger partial charge is 0.416 e. The Morgan fingerprint density at radius 1 is 0.926 bits per heavy atom. The predicted molar refractivity (Wildman–Crippen MR) is 101 cm³/mol. The van der Waals surface area contributed by atoms with Crippen molar-refractivity contribution in [2.24, 2.45) is 0 Å². The molecular weight excluding hydrogens is 353 g/mol. The summed E-state index contributed by atoms with van der Waals surface area (Å²) in [6, 6.07) is 12.7. The molecule has 0 amide bonds. The zero-order chi connectivity index (χ0) is 19.9. The van der Waals surface area contributed by atoms with E-state index in [0.29, 0.717) is 11.1 Å². The monoisotopic (exact) mass is 372 g/mol. The fraction of sp³-hybridized carbons (Fsp3) is 0.136. The highest BCUT2D eigenvalue weighted by Crippen LogP contribution is 2.30. The summed E-state index contributed by atoms with van der Waals surface area (Å²) in [5.41, 5.74) is 2.67. The van der Waals surface area contributed by atoms with Crippen LogP contribution in [0.2, 0.25) is 0 Å². The maximum Gasteiger partial charge on any atom is 0.416 e. The molecule has 0 atom stereocenters. The third-order valence-electron chi connectivity index (χ3n) is 3.77. The van der Waals surface area contributed by atoms with Gasteiger partial charge in [-0.25, -0.2) is 4.79 Å². The molecule has 5 heteroatoms. The van der Waals surface area contributed by atoms with Gasteiger partial charge in [0.15, 0.2) is 0 Å². The number of hydrogen-bond donors (Lipinski definition) is 0. The van der Waals surface area contributed by atoms with Crippen LogP contribution in [0.5, 0.6) is 0 Å². The minimum Gasteiger partial charge on any atom is -0.466 e. The first-order valence-corrected chi connectivity index (χ1v) is 8.18. The molecule has 0 saturated heterocycles. The molecule has 0 aliphatic heterocycles. The van der Waals surface area contributed by atoms with E-state index in [1.54, 1.807) is 12.2 Å². The van der Waals surface area contributed by atoms with Crippen molar-refractivity contribution in [2.75, 3.05) is 7.11 Å². The van der Waals surface area contributed by atoms with E-state index < -0.39 is 17.7 Å². The molecule has 2 rings (SSSR count). The van der Waals surface area contributed by atoms with Gasteiger partial charge in [0, 0.05) is 6.08 Å². The summed E-state index contributed by atoms with van der Waals surface area (Å²) >= 11 is 0. The Labute approximate surface area is 156 Å². The number of carbonyl (C=O) groups excluding carboxylic acids is 1. The number of carbonyl (C=O) groups is 1. The maximum absolute atomic E-state index is 12.8. The number of esters is 1. The minimum atomic E-state index is -4.38. The van der Waals surface area contributed by atoms with Crippen LogP contribution in [0, 0.1) is 6.92 Å². The third-order valence-corrected chi connectivity index (χ3v) is 3.77. The molecule has 2 aromatic rings. The SMILES string of the molecule is COC(=O)/C=C/C=C/C(=C/c1ccc(C)cc1)c1ccc(C(F)(F)F)cc1. The molecule has 0 radical (unpaired) electrons. The van der Waals surface area contributed by atoms with Gasteiger partial charge < -0.3 is 4.74 Å². The summed E-state index contributed by atoms with van der Waals surface area (Å²) in [4.78, 5) is 11.1.